The molecule has 0 bridgehead atoms. The summed E-state index contributed by atoms with van der Waals surface area (Å²) in [7, 11) is 0. The third-order valence-corrected chi connectivity index (χ3v) is 7.25. The molecule has 1 rings (SSSR count). The summed E-state index contributed by atoms with van der Waals surface area (Å²) in [4.78, 5) is 14.2. The molecule has 0 radical (unpaired) electrons. The van der Waals surface area contributed by atoms with Crippen LogP contribution in [-0.4, -0.2) is 44.5 Å². The highest BCUT2D eigenvalue weighted by molar-refractivity contribution is 8.00. The zero-order chi connectivity index (χ0) is 22.8. The lowest BCUT2D eigenvalue weighted by Crippen LogP contribution is -2.52. The van der Waals surface area contributed by atoms with Crippen LogP contribution in [-0.2, 0) is 4.74 Å². The molecule has 0 spiro atoms. The standard InChI is InChI=1S/C25H49NO3S/c1-20(2)17-15-13-11-9-8-10-12-14-16-18-22(27)21-19-30-25(6,7)26(21)23(28)29-24(3,4)5/h20-22,27H,8-19H2,1-7H3/t21-,22+/m0/s1. The summed E-state index contributed by atoms with van der Waals surface area (Å²) in [6.07, 6.45) is 12.9. The van der Waals surface area contributed by atoms with E-state index in [1.807, 2.05) is 34.6 Å². The maximum absolute atomic E-state index is 12.7. The molecule has 1 fully saturated rings. The van der Waals surface area contributed by atoms with Crippen LogP contribution < -0.4 is 0 Å². The topological polar surface area (TPSA) is 49.8 Å². The zero-order valence-corrected chi connectivity index (χ0v) is 21.7. The van der Waals surface area contributed by atoms with Crippen molar-refractivity contribution in [3.05, 3.63) is 0 Å². The minimum atomic E-state index is -0.523. The summed E-state index contributed by atoms with van der Waals surface area (Å²) in [5.41, 5.74) is -0.523. The number of ether oxygens (including phenoxy) is 1. The van der Waals surface area contributed by atoms with Gasteiger partial charge in [0.05, 0.1) is 17.0 Å². The van der Waals surface area contributed by atoms with E-state index in [0.29, 0.717) is 0 Å². The number of unbranched alkanes of at least 4 members (excludes halogenated alkanes) is 8. The first-order valence-electron chi connectivity index (χ1n) is 12.3. The van der Waals surface area contributed by atoms with Gasteiger partial charge in [0.15, 0.2) is 0 Å². The van der Waals surface area contributed by atoms with Gasteiger partial charge in [0.2, 0.25) is 0 Å². The Morgan fingerprint density at radius 3 is 1.93 bits per heavy atom. The fourth-order valence-corrected chi connectivity index (χ4v) is 5.42. The van der Waals surface area contributed by atoms with Crippen LogP contribution in [0.4, 0.5) is 4.79 Å². The summed E-state index contributed by atoms with van der Waals surface area (Å²) in [6, 6.07) is -0.161. The molecule has 1 heterocycles. The van der Waals surface area contributed by atoms with E-state index >= 15 is 0 Å². The van der Waals surface area contributed by atoms with E-state index in [0.717, 1.165) is 24.5 Å². The third kappa shape index (κ3) is 10.7. The predicted molar refractivity (Wildman–Crippen MR) is 130 cm³/mol. The molecule has 1 aliphatic heterocycles. The van der Waals surface area contributed by atoms with Gasteiger partial charge in [-0.1, -0.05) is 78.1 Å². The Balaban J connectivity index is 2.24. The average Bonchev–Trinajstić information content (AvgIpc) is 2.93. The molecule has 0 unspecified atom stereocenters. The van der Waals surface area contributed by atoms with Crippen molar-refractivity contribution in [2.24, 2.45) is 5.92 Å². The highest BCUT2D eigenvalue weighted by Crippen LogP contribution is 2.41. The monoisotopic (exact) mass is 443 g/mol. The number of amides is 1. The van der Waals surface area contributed by atoms with Gasteiger partial charge in [-0.15, -0.1) is 11.8 Å². The van der Waals surface area contributed by atoms with Crippen molar-refractivity contribution in [3.63, 3.8) is 0 Å². The Hall–Kier alpha value is -0.420. The van der Waals surface area contributed by atoms with Crippen LogP contribution in [0.3, 0.4) is 0 Å². The average molecular weight is 444 g/mol. The van der Waals surface area contributed by atoms with Crippen LogP contribution in [0.15, 0.2) is 0 Å². The second kappa shape index (κ2) is 13.2. The number of aliphatic hydroxyl groups is 1. The number of hydrogen-bond acceptors (Lipinski definition) is 4. The van der Waals surface area contributed by atoms with Gasteiger partial charge in [0.1, 0.15) is 5.60 Å². The summed E-state index contributed by atoms with van der Waals surface area (Å²) >= 11 is 1.72. The molecule has 1 N–H and O–H groups in total. The summed E-state index contributed by atoms with van der Waals surface area (Å²) in [6.45, 7) is 14.3. The van der Waals surface area contributed by atoms with Crippen molar-refractivity contribution < 1.29 is 14.6 Å². The van der Waals surface area contributed by atoms with E-state index in [1.54, 1.807) is 16.7 Å². The molecule has 0 saturated carbocycles. The Morgan fingerprint density at radius 2 is 1.47 bits per heavy atom. The molecule has 0 aliphatic carbocycles. The summed E-state index contributed by atoms with van der Waals surface area (Å²) in [5, 5.41) is 10.8. The van der Waals surface area contributed by atoms with E-state index in [2.05, 4.69) is 13.8 Å². The smallest absolute Gasteiger partial charge is 0.411 e. The van der Waals surface area contributed by atoms with E-state index in [4.69, 9.17) is 4.74 Å². The van der Waals surface area contributed by atoms with Gasteiger partial charge >= 0.3 is 6.09 Å². The SMILES string of the molecule is CC(C)CCCCCCCCCCC[C@@H](O)[C@@H]1CSC(C)(C)N1C(=O)OC(C)(C)C. The number of rotatable bonds is 13. The molecule has 1 saturated heterocycles. The van der Waals surface area contributed by atoms with Crippen LogP contribution in [0.1, 0.15) is 119 Å². The van der Waals surface area contributed by atoms with Crippen molar-refractivity contribution in [3.8, 4) is 0 Å². The lowest BCUT2D eigenvalue weighted by atomic mass is 10.0. The van der Waals surface area contributed by atoms with Crippen molar-refractivity contribution in [1.82, 2.24) is 4.90 Å². The molecular formula is C25H49NO3S. The number of hydrogen-bond donors (Lipinski definition) is 1. The van der Waals surface area contributed by atoms with Crippen LogP contribution in [0, 0.1) is 5.92 Å². The van der Waals surface area contributed by atoms with Crippen LogP contribution >= 0.6 is 11.8 Å². The summed E-state index contributed by atoms with van der Waals surface area (Å²) in [5.74, 6) is 1.61. The Bertz CT molecular complexity index is 487. The van der Waals surface area contributed by atoms with Gasteiger partial charge in [-0.3, -0.25) is 4.90 Å². The van der Waals surface area contributed by atoms with Gasteiger partial charge < -0.3 is 9.84 Å². The number of carbonyl (C=O) groups is 1. The number of nitrogens with zero attached hydrogens (tertiary/aromatic N) is 1. The Kier molecular flexibility index (Phi) is 12.2. The number of carbonyl (C=O) groups excluding carboxylic acids is 1. The predicted octanol–water partition coefficient (Wildman–Crippen LogP) is 7.38. The van der Waals surface area contributed by atoms with E-state index in [1.165, 1.54) is 57.8 Å². The minimum Gasteiger partial charge on any atom is -0.444 e. The molecule has 0 aromatic heterocycles. The van der Waals surface area contributed by atoms with E-state index in [9.17, 15) is 9.90 Å². The third-order valence-electron chi connectivity index (χ3n) is 5.83. The molecule has 5 heteroatoms. The molecule has 30 heavy (non-hydrogen) atoms. The normalized spacial score (nSPS) is 20.0. The zero-order valence-electron chi connectivity index (χ0n) is 20.8. The quantitative estimate of drug-likeness (QED) is 0.302. The van der Waals surface area contributed by atoms with Crippen molar-refractivity contribution >= 4 is 17.9 Å². The highest BCUT2D eigenvalue weighted by Gasteiger charge is 2.47. The molecule has 1 amide bonds. The number of thioether (sulfide) groups is 1. The van der Waals surface area contributed by atoms with E-state index < -0.39 is 11.7 Å². The van der Waals surface area contributed by atoms with E-state index in [-0.39, 0.29) is 17.0 Å². The van der Waals surface area contributed by atoms with Crippen LogP contribution in [0.25, 0.3) is 0 Å². The Labute approximate surface area is 190 Å². The van der Waals surface area contributed by atoms with Crippen molar-refractivity contribution in [2.75, 3.05) is 5.75 Å². The molecular weight excluding hydrogens is 394 g/mol. The first-order chi connectivity index (χ1) is 13.9. The second-order valence-corrected chi connectivity index (χ2v) is 12.5. The molecule has 0 aromatic carbocycles. The van der Waals surface area contributed by atoms with Gasteiger partial charge in [0.25, 0.3) is 0 Å². The summed E-state index contributed by atoms with van der Waals surface area (Å²) < 4.78 is 5.62. The van der Waals surface area contributed by atoms with Gasteiger partial charge in [-0.2, -0.15) is 0 Å². The van der Waals surface area contributed by atoms with Gasteiger partial charge in [-0.25, -0.2) is 4.79 Å². The van der Waals surface area contributed by atoms with Crippen molar-refractivity contribution in [1.29, 1.82) is 0 Å². The molecule has 1 aliphatic rings. The Morgan fingerprint density at radius 1 is 1.00 bits per heavy atom. The molecule has 178 valence electrons. The first kappa shape index (κ1) is 27.6. The lowest BCUT2D eigenvalue weighted by molar-refractivity contribution is -0.0122. The fourth-order valence-electron chi connectivity index (χ4n) is 4.12. The highest BCUT2D eigenvalue weighted by atomic mass is 32.2. The number of aliphatic hydroxyl groups excluding tert-OH is 1. The van der Waals surface area contributed by atoms with Crippen LogP contribution in [0.2, 0.25) is 0 Å². The van der Waals surface area contributed by atoms with Crippen LogP contribution in [0.5, 0.6) is 0 Å². The lowest BCUT2D eigenvalue weighted by Gasteiger charge is -2.37. The molecule has 2 atom stereocenters. The fraction of sp³-hybridized carbons (Fsp3) is 0.960. The maximum atomic E-state index is 12.7. The molecule has 4 nitrogen and oxygen atoms in total. The largest absolute Gasteiger partial charge is 0.444 e. The molecule has 0 aromatic rings. The van der Waals surface area contributed by atoms with Gasteiger partial charge in [0, 0.05) is 5.75 Å². The van der Waals surface area contributed by atoms with Gasteiger partial charge in [-0.05, 0) is 47.0 Å². The second-order valence-electron chi connectivity index (χ2n) is 10.9. The maximum Gasteiger partial charge on any atom is 0.411 e. The minimum absolute atomic E-state index is 0.161. The first-order valence-corrected chi connectivity index (χ1v) is 13.3. The van der Waals surface area contributed by atoms with Crippen molar-refractivity contribution in [2.45, 2.75) is 142 Å².